The lowest BCUT2D eigenvalue weighted by molar-refractivity contribution is 1.10. The molecule has 0 saturated heterocycles. The fourth-order valence-electron chi connectivity index (χ4n) is 8.90. The standard InChI is InChI=1S/C57H42N2/c1-3-45-46(4-2)56(50-29-17-15-27-48(50)41-22-10-6-11-23-41)52-38-43(36-37-51(52)55(45)49-28-16-14-26-47(49)40-20-8-5-9-21-40)39-32-34-42(35-33-39)57-58-53-30-18-19-31-54(53)59(57)44-24-12-7-13-25-44/h3-38H,1-2H3/b45-3+,46-4+. The van der Waals surface area contributed by atoms with E-state index in [1.807, 2.05) is 0 Å². The van der Waals surface area contributed by atoms with Crippen molar-refractivity contribution >= 4 is 34.0 Å². The van der Waals surface area contributed by atoms with Gasteiger partial charge in [0.2, 0.25) is 0 Å². The van der Waals surface area contributed by atoms with Crippen LogP contribution in [0, 0.1) is 0 Å². The van der Waals surface area contributed by atoms with Crippen molar-refractivity contribution in [3.63, 3.8) is 0 Å². The molecule has 0 unspecified atom stereocenters. The average molecular weight is 755 g/mol. The van der Waals surface area contributed by atoms with E-state index in [0.717, 1.165) is 39.2 Å². The third-order valence-electron chi connectivity index (χ3n) is 11.6. The van der Waals surface area contributed by atoms with Gasteiger partial charge in [0.15, 0.2) is 0 Å². The van der Waals surface area contributed by atoms with Gasteiger partial charge in [-0.1, -0.05) is 188 Å². The predicted molar refractivity (Wildman–Crippen MR) is 251 cm³/mol. The zero-order chi connectivity index (χ0) is 39.7. The minimum atomic E-state index is 0.926. The molecule has 1 aromatic heterocycles. The van der Waals surface area contributed by atoms with Gasteiger partial charge >= 0.3 is 0 Å². The number of hydrogen-bond donors (Lipinski definition) is 0. The van der Waals surface area contributed by atoms with Crippen molar-refractivity contribution in [2.45, 2.75) is 13.8 Å². The number of aromatic nitrogens is 2. The monoisotopic (exact) mass is 754 g/mol. The Kier molecular flexibility index (Phi) is 9.36. The Bertz CT molecular complexity index is 3250. The van der Waals surface area contributed by atoms with Crippen molar-refractivity contribution in [2.75, 3.05) is 0 Å². The molecule has 0 bridgehead atoms. The summed E-state index contributed by atoms with van der Waals surface area (Å²) in [7, 11) is 0. The number of imidazole rings is 1. The van der Waals surface area contributed by atoms with Crippen LogP contribution in [0.25, 0.3) is 107 Å². The van der Waals surface area contributed by atoms with E-state index < -0.39 is 0 Å². The van der Waals surface area contributed by atoms with Crippen LogP contribution in [0.3, 0.4) is 0 Å². The second-order valence-corrected chi connectivity index (χ2v) is 14.9. The van der Waals surface area contributed by atoms with Gasteiger partial charge in [0, 0.05) is 11.3 Å². The molecular weight excluding hydrogens is 713 g/mol. The van der Waals surface area contributed by atoms with Crippen LogP contribution in [0.5, 0.6) is 0 Å². The highest BCUT2D eigenvalue weighted by atomic mass is 15.1. The molecule has 10 aromatic rings. The quantitative estimate of drug-likeness (QED) is 0.158. The fourth-order valence-corrected chi connectivity index (χ4v) is 8.90. The molecule has 0 saturated carbocycles. The predicted octanol–water partition coefficient (Wildman–Crippen LogP) is 13.8. The third kappa shape index (κ3) is 6.36. The molecule has 9 aromatic carbocycles. The minimum Gasteiger partial charge on any atom is -0.292 e. The zero-order valence-electron chi connectivity index (χ0n) is 33.2. The van der Waals surface area contributed by atoms with Gasteiger partial charge in [-0.05, 0) is 121 Å². The number of para-hydroxylation sites is 3. The van der Waals surface area contributed by atoms with Crippen LogP contribution in [-0.2, 0) is 0 Å². The first-order chi connectivity index (χ1) is 29.2. The lowest BCUT2D eigenvalue weighted by Gasteiger charge is -2.20. The third-order valence-corrected chi connectivity index (χ3v) is 11.6. The number of fused-ring (bicyclic) bond motifs is 2. The summed E-state index contributed by atoms with van der Waals surface area (Å²) in [6.07, 6.45) is 4.61. The maximum atomic E-state index is 5.14. The zero-order valence-corrected chi connectivity index (χ0v) is 33.2. The summed E-state index contributed by atoms with van der Waals surface area (Å²) in [5.74, 6) is 0.926. The van der Waals surface area contributed by atoms with E-state index in [-0.39, 0.29) is 0 Å². The molecule has 0 atom stereocenters. The Balaban J connectivity index is 1.22. The molecule has 0 amide bonds. The minimum absolute atomic E-state index is 0.926. The van der Waals surface area contributed by atoms with Crippen LogP contribution in [-0.4, -0.2) is 9.55 Å². The highest BCUT2D eigenvalue weighted by Crippen LogP contribution is 2.41. The molecule has 280 valence electrons. The average Bonchev–Trinajstić information content (AvgIpc) is 3.71. The smallest absolute Gasteiger partial charge is 0.145 e. The summed E-state index contributed by atoms with van der Waals surface area (Å²) < 4.78 is 2.26. The second kappa shape index (κ2) is 15.4. The molecule has 0 radical (unpaired) electrons. The summed E-state index contributed by atoms with van der Waals surface area (Å²) in [6.45, 7) is 4.36. The Morgan fingerprint density at radius 2 is 0.831 bits per heavy atom. The fraction of sp³-hybridized carbons (Fsp3) is 0.0351. The molecule has 10 rings (SSSR count). The van der Waals surface area contributed by atoms with Gasteiger partial charge in [0.05, 0.1) is 11.0 Å². The van der Waals surface area contributed by atoms with Crippen LogP contribution in [0.4, 0.5) is 0 Å². The summed E-state index contributed by atoms with van der Waals surface area (Å²) in [6, 6.07) is 74.1. The molecule has 2 heteroatoms. The topological polar surface area (TPSA) is 17.8 Å². The van der Waals surface area contributed by atoms with Gasteiger partial charge in [-0.25, -0.2) is 4.98 Å². The van der Waals surface area contributed by atoms with E-state index in [1.54, 1.807) is 0 Å². The molecule has 1 heterocycles. The van der Waals surface area contributed by atoms with Crippen molar-refractivity contribution < 1.29 is 0 Å². The van der Waals surface area contributed by atoms with Crippen molar-refractivity contribution in [1.82, 2.24) is 9.55 Å². The Morgan fingerprint density at radius 3 is 1.41 bits per heavy atom. The van der Waals surface area contributed by atoms with Crippen LogP contribution < -0.4 is 10.4 Å². The normalized spacial score (nSPS) is 12.1. The molecule has 0 aliphatic carbocycles. The van der Waals surface area contributed by atoms with Crippen LogP contribution in [0.2, 0.25) is 0 Å². The number of hydrogen-bond acceptors (Lipinski definition) is 1. The van der Waals surface area contributed by atoms with Crippen molar-refractivity contribution in [3.05, 3.63) is 217 Å². The molecule has 2 nitrogen and oxygen atoms in total. The van der Waals surface area contributed by atoms with E-state index in [0.29, 0.717) is 0 Å². The number of rotatable bonds is 7. The van der Waals surface area contributed by atoms with Gasteiger partial charge in [-0.3, -0.25) is 4.57 Å². The van der Waals surface area contributed by atoms with Gasteiger partial charge in [-0.2, -0.15) is 0 Å². The summed E-state index contributed by atoms with van der Waals surface area (Å²) in [4.78, 5) is 5.14. The molecule has 59 heavy (non-hydrogen) atoms. The maximum absolute atomic E-state index is 5.14. The molecule has 0 aliphatic rings. The van der Waals surface area contributed by atoms with E-state index in [4.69, 9.17) is 4.98 Å². The lowest BCUT2D eigenvalue weighted by Crippen LogP contribution is -2.29. The molecule has 0 fully saturated rings. The van der Waals surface area contributed by atoms with Crippen LogP contribution in [0.15, 0.2) is 206 Å². The van der Waals surface area contributed by atoms with Crippen LogP contribution >= 0.6 is 0 Å². The Morgan fingerprint density at radius 1 is 0.373 bits per heavy atom. The van der Waals surface area contributed by atoms with Gasteiger partial charge in [0.1, 0.15) is 5.82 Å². The highest BCUT2D eigenvalue weighted by Gasteiger charge is 2.20. The van der Waals surface area contributed by atoms with E-state index in [2.05, 4.69) is 237 Å². The summed E-state index contributed by atoms with van der Waals surface area (Å²) >= 11 is 0. The van der Waals surface area contributed by atoms with Crippen LogP contribution in [0.1, 0.15) is 13.8 Å². The molecular formula is C57H42N2. The van der Waals surface area contributed by atoms with Gasteiger partial charge in [-0.15, -0.1) is 0 Å². The number of nitrogens with zero attached hydrogens (tertiary/aromatic N) is 2. The SMILES string of the molecule is C/C=c1/c(-c2ccccc2-c2ccccc2)c2ccc(-c3ccc(-c4nc5ccccc5n4-c4ccccc4)cc3)cc2c(-c2ccccc2-c2ccccc2)/c1=C/C. The first kappa shape index (κ1) is 35.8. The largest absolute Gasteiger partial charge is 0.292 e. The summed E-state index contributed by atoms with van der Waals surface area (Å²) in [5, 5.41) is 4.91. The highest BCUT2D eigenvalue weighted by molar-refractivity contribution is 6.10. The van der Waals surface area contributed by atoms with Crippen molar-refractivity contribution in [2.24, 2.45) is 0 Å². The van der Waals surface area contributed by atoms with E-state index in [9.17, 15) is 0 Å². The Labute approximate surface area is 345 Å². The van der Waals surface area contributed by atoms with Crippen molar-refractivity contribution in [1.29, 1.82) is 0 Å². The molecule has 0 aliphatic heterocycles. The first-order valence-corrected chi connectivity index (χ1v) is 20.4. The number of benzene rings is 9. The van der Waals surface area contributed by atoms with Gasteiger partial charge in [0.25, 0.3) is 0 Å². The first-order valence-electron chi connectivity index (χ1n) is 20.4. The van der Waals surface area contributed by atoms with E-state index in [1.165, 1.54) is 65.7 Å². The molecule has 0 N–H and O–H groups in total. The molecule has 0 spiro atoms. The maximum Gasteiger partial charge on any atom is 0.145 e. The lowest BCUT2D eigenvalue weighted by atomic mass is 9.83. The summed E-state index contributed by atoms with van der Waals surface area (Å²) in [5.41, 5.74) is 16.3. The Hall–Kier alpha value is -7.55. The van der Waals surface area contributed by atoms with Crippen molar-refractivity contribution in [3.8, 4) is 72.7 Å². The van der Waals surface area contributed by atoms with Gasteiger partial charge < -0.3 is 0 Å². The van der Waals surface area contributed by atoms with E-state index >= 15 is 0 Å². The second-order valence-electron chi connectivity index (χ2n) is 14.9.